The van der Waals surface area contributed by atoms with Crippen LogP contribution in [0.1, 0.15) is 12.0 Å². The van der Waals surface area contributed by atoms with Crippen LogP contribution in [0.4, 0.5) is 10.5 Å². The van der Waals surface area contributed by atoms with Crippen molar-refractivity contribution in [2.45, 2.75) is 19.4 Å². The fourth-order valence-corrected chi connectivity index (χ4v) is 2.23. The Bertz CT molecular complexity index is 497. The van der Waals surface area contributed by atoms with Gasteiger partial charge < -0.3 is 16.4 Å². The monoisotopic (exact) mass is 315 g/mol. The lowest BCUT2D eigenvalue weighted by molar-refractivity contribution is -0.117. The Balaban J connectivity index is 2.73. The Morgan fingerprint density at radius 1 is 1.45 bits per heavy atom. The van der Waals surface area contributed by atoms with E-state index in [0.29, 0.717) is 17.1 Å². The summed E-state index contributed by atoms with van der Waals surface area (Å²) in [5.74, 6) is 0.435. The molecule has 0 bridgehead atoms. The molecule has 0 spiro atoms. The number of anilines is 1. The minimum Gasteiger partial charge on any atom is -0.352 e. The average Bonchev–Trinajstić information content (AvgIpc) is 2.38. The molecule has 0 radical (unpaired) electrons. The number of amides is 3. The Kier molecular flexibility index (Phi) is 6.67. The van der Waals surface area contributed by atoms with Gasteiger partial charge in [0, 0.05) is 10.7 Å². The number of nitrogens with two attached hydrogens (primary N) is 1. The quantitative estimate of drug-likeness (QED) is 0.753. The summed E-state index contributed by atoms with van der Waals surface area (Å²) in [6.45, 7) is 1.88. The van der Waals surface area contributed by atoms with Crippen LogP contribution in [0, 0.1) is 6.92 Å². The average molecular weight is 316 g/mol. The van der Waals surface area contributed by atoms with Gasteiger partial charge in [0.25, 0.3) is 0 Å². The van der Waals surface area contributed by atoms with Crippen molar-refractivity contribution in [2.24, 2.45) is 5.73 Å². The Hall–Kier alpha value is -1.40. The number of hydrogen-bond donors (Lipinski definition) is 3. The van der Waals surface area contributed by atoms with Crippen LogP contribution >= 0.6 is 23.4 Å². The summed E-state index contributed by atoms with van der Waals surface area (Å²) >= 11 is 7.59. The molecule has 1 rings (SSSR count). The van der Waals surface area contributed by atoms with Gasteiger partial charge in [-0.05, 0) is 43.0 Å². The van der Waals surface area contributed by atoms with Gasteiger partial charge in [0.1, 0.15) is 6.04 Å². The molecule has 0 aliphatic carbocycles. The van der Waals surface area contributed by atoms with Gasteiger partial charge in [0.05, 0.1) is 0 Å². The van der Waals surface area contributed by atoms with Crippen LogP contribution in [0.25, 0.3) is 0 Å². The second kappa shape index (κ2) is 8.01. The number of benzene rings is 1. The number of carbonyl (C=O) groups is 2. The van der Waals surface area contributed by atoms with E-state index >= 15 is 0 Å². The van der Waals surface area contributed by atoms with E-state index in [1.165, 1.54) is 0 Å². The molecule has 1 atom stereocenters. The zero-order chi connectivity index (χ0) is 15.1. The van der Waals surface area contributed by atoms with Crippen LogP contribution in [0.5, 0.6) is 0 Å². The Morgan fingerprint density at radius 2 is 2.15 bits per heavy atom. The first-order chi connectivity index (χ1) is 9.43. The van der Waals surface area contributed by atoms with Crippen LogP contribution in [-0.4, -0.2) is 30.0 Å². The molecule has 7 heteroatoms. The van der Waals surface area contributed by atoms with E-state index in [2.05, 4.69) is 10.6 Å². The zero-order valence-corrected chi connectivity index (χ0v) is 13.0. The second-order valence-electron chi connectivity index (χ2n) is 4.30. The molecule has 0 aromatic heterocycles. The highest BCUT2D eigenvalue weighted by molar-refractivity contribution is 7.98. The molecule has 1 aromatic rings. The molecule has 0 unspecified atom stereocenters. The summed E-state index contributed by atoms with van der Waals surface area (Å²) in [6.07, 6.45) is 2.44. The summed E-state index contributed by atoms with van der Waals surface area (Å²) in [7, 11) is 0. The highest BCUT2D eigenvalue weighted by Gasteiger charge is 2.19. The van der Waals surface area contributed by atoms with Crippen LogP contribution in [-0.2, 0) is 4.79 Å². The van der Waals surface area contributed by atoms with Crippen LogP contribution in [0.15, 0.2) is 18.2 Å². The predicted octanol–water partition coefficient (Wildman–Crippen LogP) is 2.38. The van der Waals surface area contributed by atoms with Crippen molar-refractivity contribution in [1.82, 2.24) is 5.32 Å². The molecule has 110 valence electrons. The molecule has 5 nitrogen and oxygen atoms in total. The third-order valence-corrected chi connectivity index (χ3v) is 3.73. The van der Waals surface area contributed by atoms with E-state index in [1.807, 2.05) is 19.2 Å². The third-order valence-electron chi connectivity index (χ3n) is 2.68. The fraction of sp³-hybridized carbons (Fsp3) is 0.385. The Labute approximate surface area is 127 Å². The number of carbonyl (C=O) groups excluding carboxylic acids is 2. The van der Waals surface area contributed by atoms with Gasteiger partial charge in [0.2, 0.25) is 5.91 Å². The van der Waals surface area contributed by atoms with E-state index in [9.17, 15) is 9.59 Å². The summed E-state index contributed by atoms with van der Waals surface area (Å²) in [6, 6.07) is 3.88. The molecule has 3 amide bonds. The van der Waals surface area contributed by atoms with Crippen molar-refractivity contribution in [1.29, 1.82) is 0 Å². The lowest BCUT2D eigenvalue weighted by Crippen LogP contribution is -2.46. The van der Waals surface area contributed by atoms with Crippen molar-refractivity contribution < 1.29 is 9.59 Å². The van der Waals surface area contributed by atoms with Crippen molar-refractivity contribution >= 4 is 41.0 Å². The standard InChI is InChI=1S/C13H18ClN3O2S/c1-8-3-4-9(7-10(8)14)16-12(18)11(5-6-20-2)17-13(15)19/h3-4,7,11H,5-6H2,1-2H3,(H,16,18)(H3,15,17,19)/t11-/m1/s1. The maximum absolute atomic E-state index is 12.1. The normalized spacial score (nSPS) is 11.8. The molecule has 4 N–H and O–H groups in total. The van der Waals surface area contributed by atoms with E-state index < -0.39 is 12.1 Å². The third kappa shape index (κ3) is 5.30. The van der Waals surface area contributed by atoms with Gasteiger partial charge in [-0.1, -0.05) is 17.7 Å². The molecule has 1 aromatic carbocycles. The van der Waals surface area contributed by atoms with Crippen LogP contribution in [0.3, 0.4) is 0 Å². The van der Waals surface area contributed by atoms with Gasteiger partial charge in [-0.3, -0.25) is 4.79 Å². The molecule has 0 heterocycles. The molecule has 0 fully saturated rings. The first-order valence-corrected chi connectivity index (χ1v) is 7.83. The van der Waals surface area contributed by atoms with Crippen molar-refractivity contribution in [3.8, 4) is 0 Å². The fourth-order valence-electron chi connectivity index (χ4n) is 1.58. The predicted molar refractivity (Wildman–Crippen MR) is 84.3 cm³/mol. The zero-order valence-electron chi connectivity index (χ0n) is 11.4. The van der Waals surface area contributed by atoms with Crippen molar-refractivity contribution in [2.75, 3.05) is 17.3 Å². The topological polar surface area (TPSA) is 84.2 Å². The largest absolute Gasteiger partial charge is 0.352 e. The highest BCUT2D eigenvalue weighted by Crippen LogP contribution is 2.20. The lowest BCUT2D eigenvalue weighted by atomic mass is 10.2. The number of halogens is 1. The molecule has 0 saturated carbocycles. The summed E-state index contributed by atoms with van der Waals surface area (Å²) in [5, 5.41) is 5.74. The van der Waals surface area contributed by atoms with Gasteiger partial charge in [0.15, 0.2) is 0 Å². The van der Waals surface area contributed by atoms with Crippen LogP contribution in [0.2, 0.25) is 5.02 Å². The van der Waals surface area contributed by atoms with Crippen molar-refractivity contribution in [3.63, 3.8) is 0 Å². The molecule has 20 heavy (non-hydrogen) atoms. The number of primary amides is 1. The van der Waals surface area contributed by atoms with Gasteiger partial charge >= 0.3 is 6.03 Å². The minimum atomic E-state index is -0.715. The first-order valence-electron chi connectivity index (χ1n) is 6.06. The second-order valence-corrected chi connectivity index (χ2v) is 5.69. The molecular weight excluding hydrogens is 298 g/mol. The molecule has 0 aliphatic rings. The van der Waals surface area contributed by atoms with Crippen molar-refractivity contribution in [3.05, 3.63) is 28.8 Å². The maximum Gasteiger partial charge on any atom is 0.312 e. The van der Waals surface area contributed by atoms with Gasteiger partial charge in [-0.25, -0.2) is 4.79 Å². The number of thioether (sulfide) groups is 1. The summed E-state index contributed by atoms with van der Waals surface area (Å²) in [4.78, 5) is 23.0. The van der Waals surface area contributed by atoms with E-state index in [0.717, 1.165) is 11.3 Å². The van der Waals surface area contributed by atoms with Crippen LogP contribution < -0.4 is 16.4 Å². The first kappa shape index (κ1) is 16.7. The molecule has 0 saturated heterocycles. The van der Waals surface area contributed by atoms with E-state index in [-0.39, 0.29) is 5.91 Å². The summed E-state index contributed by atoms with van der Waals surface area (Å²) < 4.78 is 0. The van der Waals surface area contributed by atoms with Gasteiger partial charge in [-0.15, -0.1) is 0 Å². The highest BCUT2D eigenvalue weighted by atomic mass is 35.5. The Morgan fingerprint density at radius 3 is 2.70 bits per heavy atom. The summed E-state index contributed by atoms with van der Waals surface area (Å²) in [5.41, 5.74) is 6.60. The molecular formula is C13H18ClN3O2S. The number of nitrogens with one attached hydrogen (secondary N) is 2. The lowest BCUT2D eigenvalue weighted by Gasteiger charge is -2.17. The van der Waals surface area contributed by atoms with E-state index in [1.54, 1.807) is 23.9 Å². The van der Waals surface area contributed by atoms with Gasteiger partial charge in [-0.2, -0.15) is 11.8 Å². The maximum atomic E-state index is 12.1. The smallest absolute Gasteiger partial charge is 0.312 e. The number of urea groups is 1. The number of aryl methyl sites for hydroxylation is 1. The number of rotatable bonds is 6. The number of hydrogen-bond acceptors (Lipinski definition) is 3. The molecule has 0 aliphatic heterocycles. The van der Waals surface area contributed by atoms with E-state index in [4.69, 9.17) is 17.3 Å². The SMILES string of the molecule is CSCC[C@@H](NC(N)=O)C(=O)Nc1ccc(C)c(Cl)c1. The minimum absolute atomic E-state index is 0.308.